The smallest absolute Gasteiger partial charge is 0.311 e. The van der Waals surface area contributed by atoms with Crippen molar-refractivity contribution in [2.24, 2.45) is 5.41 Å². The first kappa shape index (κ1) is 12.7. The topological polar surface area (TPSA) is 67.8 Å². The maximum Gasteiger partial charge on any atom is 0.311 e. The molecule has 18 heavy (non-hydrogen) atoms. The number of benzene rings is 1. The van der Waals surface area contributed by atoms with Crippen molar-refractivity contribution in [1.29, 1.82) is 0 Å². The first-order valence-electron chi connectivity index (χ1n) is 5.77. The molecule has 0 radical (unpaired) electrons. The highest BCUT2D eigenvalue weighted by molar-refractivity contribution is 5.75. The van der Waals surface area contributed by atoms with Crippen molar-refractivity contribution in [3.8, 4) is 11.5 Å². The molecule has 0 saturated heterocycles. The monoisotopic (exact) mass is 251 g/mol. The van der Waals surface area contributed by atoms with E-state index in [0.29, 0.717) is 11.5 Å². The molecule has 1 aromatic rings. The van der Waals surface area contributed by atoms with Crippen LogP contribution in [0.2, 0.25) is 0 Å². The van der Waals surface area contributed by atoms with Gasteiger partial charge in [0.15, 0.2) is 11.5 Å². The lowest BCUT2D eigenvalue weighted by atomic mass is 9.80. The number of carboxylic acids is 1. The Morgan fingerprint density at radius 2 is 2.06 bits per heavy atom. The fraction of sp³-hybridized carbons (Fsp3) is 0.462. The van der Waals surface area contributed by atoms with E-state index in [9.17, 15) is 9.90 Å². The molecule has 0 spiro atoms. The number of hydrogen-bond donors (Lipinski definition) is 2. The van der Waals surface area contributed by atoms with Crippen molar-refractivity contribution in [3.05, 3.63) is 23.8 Å². The Morgan fingerprint density at radius 3 is 2.67 bits per heavy atom. The lowest BCUT2D eigenvalue weighted by Crippen LogP contribution is -2.38. The molecule has 0 saturated carbocycles. The average Bonchev–Trinajstić information content (AvgIpc) is 2.76. The summed E-state index contributed by atoms with van der Waals surface area (Å²) in [6.45, 7) is 3.60. The van der Waals surface area contributed by atoms with Crippen LogP contribution in [0.3, 0.4) is 0 Å². The van der Waals surface area contributed by atoms with Crippen molar-refractivity contribution < 1.29 is 19.4 Å². The fourth-order valence-electron chi connectivity index (χ4n) is 2.16. The summed E-state index contributed by atoms with van der Waals surface area (Å²) in [4.78, 5) is 11.3. The quantitative estimate of drug-likeness (QED) is 0.853. The van der Waals surface area contributed by atoms with Crippen LogP contribution in [0.1, 0.15) is 25.5 Å². The highest BCUT2D eigenvalue weighted by Gasteiger charge is 2.37. The normalized spacial score (nSPS) is 15.5. The number of fused-ring (bicyclic) bond motifs is 1. The van der Waals surface area contributed by atoms with Crippen LogP contribution in [-0.4, -0.2) is 24.9 Å². The third-order valence-corrected chi connectivity index (χ3v) is 3.29. The molecule has 1 aromatic carbocycles. The number of carboxylic acid groups (broad SMARTS) is 1. The molecule has 5 nitrogen and oxygen atoms in total. The van der Waals surface area contributed by atoms with E-state index >= 15 is 0 Å². The highest BCUT2D eigenvalue weighted by Crippen LogP contribution is 2.39. The summed E-state index contributed by atoms with van der Waals surface area (Å²) in [5, 5.41) is 12.4. The zero-order valence-electron chi connectivity index (χ0n) is 10.7. The Hall–Kier alpha value is -1.75. The average molecular weight is 251 g/mol. The van der Waals surface area contributed by atoms with Gasteiger partial charge in [0.1, 0.15) is 0 Å². The third-order valence-electron chi connectivity index (χ3n) is 3.29. The first-order valence-corrected chi connectivity index (χ1v) is 5.77. The molecular formula is C13H17NO4. The van der Waals surface area contributed by atoms with E-state index in [1.165, 1.54) is 0 Å². The van der Waals surface area contributed by atoms with E-state index in [4.69, 9.17) is 9.47 Å². The van der Waals surface area contributed by atoms with Crippen molar-refractivity contribution in [2.45, 2.75) is 19.9 Å². The van der Waals surface area contributed by atoms with Gasteiger partial charge in [0, 0.05) is 6.04 Å². The third kappa shape index (κ3) is 2.01. The maximum absolute atomic E-state index is 11.3. The minimum absolute atomic E-state index is 0.214. The summed E-state index contributed by atoms with van der Waals surface area (Å²) in [6.07, 6.45) is 0. The molecule has 1 unspecified atom stereocenters. The van der Waals surface area contributed by atoms with Crippen molar-refractivity contribution in [1.82, 2.24) is 5.32 Å². The molecule has 2 rings (SSSR count). The van der Waals surface area contributed by atoms with Gasteiger partial charge >= 0.3 is 5.97 Å². The van der Waals surface area contributed by atoms with Gasteiger partial charge in [-0.15, -0.1) is 0 Å². The van der Waals surface area contributed by atoms with Gasteiger partial charge < -0.3 is 19.9 Å². The van der Waals surface area contributed by atoms with Crippen molar-refractivity contribution in [2.75, 3.05) is 13.8 Å². The Bertz CT molecular complexity index is 470. The number of rotatable bonds is 4. The molecule has 1 heterocycles. The second-order valence-corrected chi connectivity index (χ2v) is 4.86. The second-order valence-electron chi connectivity index (χ2n) is 4.86. The van der Waals surface area contributed by atoms with Gasteiger partial charge in [-0.1, -0.05) is 6.07 Å². The lowest BCUT2D eigenvalue weighted by molar-refractivity contribution is -0.148. The van der Waals surface area contributed by atoms with Crippen LogP contribution in [-0.2, 0) is 4.79 Å². The summed E-state index contributed by atoms with van der Waals surface area (Å²) >= 11 is 0. The summed E-state index contributed by atoms with van der Waals surface area (Å²) in [5.74, 6) is 0.509. The number of carbonyl (C=O) groups is 1. The SMILES string of the molecule is CNC(c1ccc2c(c1)OCO2)C(C)(C)C(=O)O. The van der Waals surface area contributed by atoms with Gasteiger partial charge in [-0.05, 0) is 38.6 Å². The summed E-state index contributed by atoms with van der Waals surface area (Å²) in [6, 6.07) is 5.19. The zero-order chi connectivity index (χ0) is 13.3. The predicted molar refractivity (Wildman–Crippen MR) is 65.8 cm³/mol. The number of hydrogen-bond acceptors (Lipinski definition) is 4. The largest absolute Gasteiger partial charge is 0.481 e. The number of nitrogens with one attached hydrogen (secondary N) is 1. The summed E-state index contributed by atoms with van der Waals surface area (Å²) < 4.78 is 10.6. The predicted octanol–water partition coefficient (Wildman–Crippen LogP) is 1.79. The summed E-state index contributed by atoms with van der Waals surface area (Å²) in [5.41, 5.74) is -0.0447. The van der Waals surface area contributed by atoms with Gasteiger partial charge in [0.2, 0.25) is 6.79 Å². The molecule has 0 amide bonds. The summed E-state index contributed by atoms with van der Waals surface area (Å²) in [7, 11) is 1.75. The second kappa shape index (κ2) is 4.49. The van der Waals surface area contributed by atoms with E-state index in [2.05, 4.69) is 5.32 Å². The minimum Gasteiger partial charge on any atom is -0.481 e. The lowest BCUT2D eigenvalue weighted by Gasteiger charge is -2.30. The molecule has 1 atom stereocenters. The Labute approximate surface area is 106 Å². The highest BCUT2D eigenvalue weighted by atomic mass is 16.7. The van der Waals surface area contributed by atoms with Gasteiger partial charge in [0.05, 0.1) is 5.41 Å². The molecule has 1 aliphatic rings. The maximum atomic E-state index is 11.3. The molecule has 1 aliphatic heterocycles. The Balaban J connectivity index is 2.36. The van der Waals surface area contributed by atoms with Crippen LogP contribution in [0.4, 0.5) is 0 Å². The molecule has 0 bridgehead atoms. The molecule has 0 fully saturated rings. The molecule has 2 N–H and O–H groups in total. The molecule has 0 aromatic heterocycles. The molecule has 98 valence electrons. The molecule has 0 aliphatic carbocycles. The van der Waals surface area contributed by atoms with Gasteiger partial charge in [0.25, 0.3) is 0 Å². The van der Waals surface area contributed by atoms with Crippen LogP contribution >= 0.6 is 0 Å². The minimum atomic E-state index is -0.914. The van der Waals surface area contributed by atoms with E-state index < -0.39 is 11.4 Å². The van der Waals surface area contributed by atoms with Crippen LogP contribution in [0.5, 0.6) is 11.5 Å². The van der Waals surface area contributed by atoms with Crippen molar-refractivity contribution in [3.63, 3.8) is 0 Å². The Morgan fingerprint density at radius 1 is 1.39 bits per heavy atom. The van der Waals surface area contributed by atoms with Gasteiger partial charge in [-0.2, -0.15) is 0 Å². The number of aliphatic carboxylic acids is 1. The van der Waals surface area contributed by atoms with E-state index in [-0.39, 0.29) is 12.8 Å². The standard InChI is InChI=1S/C13H17NO4/c1-13(2,12(15)16)11(14-3)8-4-5-9-10(6-8)18-7-17-9/h4-6,11,14H,7H2,1-3H3,(H,15,16). The molecular weight excluding hydrogens is 234 g/mol. The Kier molecular flexibility index (Phi) is 3.17. The van der Waals surface area contributed by atoms with E-state index in [1.807, 2.05) is 12.1 Å². The number of ether oxygens (including phenoxy) is 2. The fourth-order valence-corrected chi connectivity index (χ4v) is 2.16. The van der Waals surface area contributed by atoms with Crippen LogP contribution in [0.15, 0.2) is 18.2 Å². The van der Waals surface area contributed by atoms with Crippen LogP contribution < -0.4 is 14.8 Å². The molecule has 5 heteroatoms. The van der Waals surface area contributed by atoms with Gasteiger partial charge in [-0.3, -0.25) is 4.79 Å². The van der Waals surface area contributed by atoms with Crippen LogP contribution in [0, 0.1) is 5.41 Å². The van der Waals surface area contributed by atoms with Crippen molar-refractivity contribution >= 4 is 5.97 Å². The van der Waals surface area contributed by atoms with E-state index in [1.54, 1.807) is 27.0 Å². The first-order chi connectivity index (χ1) is 8.46. The van der Waals surface area contributed by atoms with Crippen LogP contribution in [0.25, 0.3) is 0 Å². The van der Waals surface area contributed by atoms with E-state index in [0.717, 1.165) is 5.56 Å². The van der Waals surface area contributed by atoms with Gasteiger partial charge in [-0.25, -0.2) is 0 Å². The zero-order valence-corrected chi connectivity index (χ0v) is 10.7.